The van der Waals surface area contributed by atoms with Crippen molar-refractivity contribution in [1.82, 2.24) is 5.32 Å². The van der Waals surface area contributed by atoms with Crippen molar-refractivity contribution in [3.05, 3.63) is 0 Å². The Morgan fingerprint density at radius 2 is 2.33 bits per heavy atom. The van der Waals surface area contributed by atoms with Gasteiger partial charge in [0.15, 0.2) is 0 Å². The van der Waals surface area contributed by atoms with E-state index in [1.165, 1.54) is 0 Å². The van der Waals surface area contributed by atoms with Crippen LogP contribution in [0.5, 0.6) is 0 Å². The fraction of sp³-hybridized carbons (Fsp3) is 1.00. The van der Waals surface area contributed by atoms with Crippen LogP contribution >= 0.6 is 0 Å². The van der Waals surface area contributed by atoms with Crippen LogP contribution in [0.1, 0.15) is 6.92 Å². The molecule has 36 valence electrons. The summed E-state index contributed by atoms with van der Waals surface area (Å²) >= 11 is 0. The van der Waals surface area contributed by atoms with Crippen LogP contribution in [0.3, 0.4) is 0 Å². The molecule has 1 aliphatic heterocycles. The summed E-state index contributed by atoms with van der Waals surface area (Å²) < 4.78 is 11.8. The first-order chi connectivity index (χ1) is 2.80. The van der Waals surface area contributed by atoms with Gasteiger partial charge >= 0.3 is 0 Å². The zero-order chi connectivity index (χ0) is 4.57. The highest BCUT2D eigenvalue weighted by Gasteiger charge is 2.24. The normalized spacial score (nSPS) is 45.0. The first-order valence-corrected chi connectivity index (χ1v) is 2.18. The average Bonchev–Trinajstić information content (AvgIpc) is 1.61. The third-order valence-corrected chi connectivity index (χ3v) is 1.18. The summed E-state index contributed by atoms with van der Waals surface area (Å²) in [6.45, 7) is 2.40. The number of hydrogen-bond donors (Lipinski definition) is 1. The molecule has 0 aromatic rings. The molecule has 2 atom stereocenters. The minimum atomic E-state index is -0.579. The van der Waals surface area contributed by atoms with E-state index < -0.39 is 6.17 Å². The second-order valence-corrected chi connectivity index (χ2v) is 1.71. The molecular formula is C4H8FN. The Kier molecular flexibility index (Phi) is 0.804. The molecule has 1 N–H and O–H groups in total. The van der Waals surface area contributed by atoms with E-state index in [4.69, 9.17) is 0 Å². The first kappa shape index (κ1) is 4.06. The number of halogens is 1. The fourth-order valence-electron chi connectivity index (χ4n) is 0.443. The van der Waals surface area contributed by atoms with E-state index >= 15 is 0 Å². The van der Waals surface area contributed by atoms with Crippen LogP contribution < -0.4 is 5.32 Å². The van der Waals surface area contributed by atoms with Gasteiger partial charge in [-0.3, -0.25) is 0 Å². The molecule has 1 rings (SSSR count). The fourth-order valence-corrected chi connectivity index (χ4v) is 0.443. The van der Waals surface area contributed by atoms with Gasteiger partial charge in [0.2, 0.25) is 0 Å². The minimum absolute atomic E-state index is 0.116. The molecule has 0 saturated carbocycles. The van der Waals surface area contributed by atoms with Crippen molar-refractivity contribution in [3.8, 4) is 0 Å². The number of rotatable bonds is 0. The molecule has 2 heteroatoms. The topological polar surface area (TPSA) is 12.0 Å². The summed E-state index contributed by atoms with van der Waals surface area (Å²) in [5.41, 5.74) is 0. The molecule has 1 heterocycles. The van der Waals surface area contributed by atoms with E-state index in [2.05, 4.69) is 5.32 Å². The molecule has 0 aromatic carbocycles. The average molecular weight is 89.1 g/mol. The van der Waals surface area contributed by atoms with Crippen molar-refractivity contribution < 1.29 is 4.39 Å². The Labute approximate surface area is 36.5 Å². The maximum atomic E-state index is 11.8. The van der Waals surface area contributed by atoms with Gasteiger partial charge in [0.05, 0.1) is 0 Å². The summed E-state index contributed by atoms with van der Waals surface area (Å²) in [6, 6.07) is 0.116. The number of nitrogens with one attached hydrogen (secondary N) is 1. The molecule has 1 nitrogen and oxygen atoms in total. The molecule has 6 heavy (non-hydrogen) atoms. The van der Waals surface area contributed by atoms with Crippen molar-refractivity contribution in [2.75, 3.05) is 6.54 Å². The summed E-state index contributed by atoms with van der Waals surface area (Å²) in [6.07, 6.45) is -0.579. The first-order valence-electron chi connectivity index (χ1n) is 2.18. The standard InChI is InChI=1S/C4H8FN/c1-3-4(5)2-6-3/h3-4,6H,2H2,1H3/t3-,4?/m1/s1. The van der Waals surface area contributed by atoms with E-state index in [1.54, 1.807) is 0 Å². The molecule has 0 amide bonds. The smallest absolute Gasteiger partial charge is 0.127 e. The highest BCUT2D eigenvalue weighted by Crippen LogP contribution is 2.05. The van der Waals surface area contributed by atoms with Gasteiger partial charge in [0, 0.05) is 12.6 Å². The Bertz CT molecular complexity index is 47.5. The van der Waals surface area contributed by atoms with E-state index in [1.807, 2.05) is 6.92 Å². The van der Waals surface area contributed by atoms with Gasteiger partial charge in [0.1, 0.15) is 6.17 Å². The van der Waals surface area contributed by atoms with Crippen LogP contribution in [0.25, 0.3) is 0 Å². The quantitative estimate of drug-likeness (QED) is 0.450. The Morgan fingerprint density at radius 1 is 1.83 bits per heavy atom. The molecule has 0 radical (unpaired) electrons. The predicted molar refractivity (Wildman–Crippen MR) is 22.4 cm³/mol. The van der Waals surface area contributed by atoms with Gasteiger partial charge in [-0.25, -0.2) is 4.39 Å². The van der Waals surface area contributed by atoms with E-state index in [9.17, 15) is 4.39 Å². The minimum Gasteiger partial charge on any atom is -0.308 e. The van der Waals surface area contributed by atoms with Crippen molar-refractivity contribution in [1.29, 1.82) is 0 Å². The summed E-state index contributed by atoms with van der Waals surface area (Å²) in [7, 11) is 0. The predicted octanol–water partition coefficient (Wildman–Crippen LogP) is 0.316. The van der Waals surface area contributed by atoms with Crippen molar-refractivity contribution in [2.24, 2.45) is 0 Å². The van der Waals surface area contributed by atoms with Crippen LogP contribution in [0, 0.1) is 0 Å². The molecule has 0 spiro atoms. The lowest BCUT2D eigenvalue weighted by Crippen LogP contribution is -2.52. The summed E-state index contributed by atoms with van der Waals surface area (Å²) in [5.74, 6) is 0. The van der Waals surface area contributed by atoms with E-state index in [0.717, 1.165) is 0 Å². The molecule has 0 bridgehead atoms. The molecule has 1 aliphatic rings. The summed E-state index contributed by atoms with van der Waals surface area (Å²) in [4.78, 5) is 0. The lowest BCUT2D eigenvalue weighted by molar-refractivity contribution is 0.171. The second kappa shape index (κ2) is 1.19. The monoisotopic (exact) mass is 89.1 g/mol. The van der Waals surface area contributed by atoms with E-state index in [0.29, 0.717) is 6.54 Å². The van der Waals surface area contributed by atoms with Crippen LogP contribution in [0.15, 0.2) is 0 Å². The molecule has 0 aliphatic carbocycles. The Hall–Kier alpha value is -0.110. The SMILES string of the molecule is C[C@H]1NCC1F. The van der Waals surface area contributed by atoms with Gasteiger partial charge in [-0.05, 0) is 6.92 Å². The zero-order valence-corrected chi connectivity index (χ0v) is 3.74. The van der Waals surface area contributed by atoms with Gasteiger partial charge in [-0.1, -0.05) is 0 Å². The second-order valence-electron chi connectivity index (χ2n) is 1.71. The van der Waals surface area contributed by atoms with Gasteiger partial charge in [-0.2, -0.15) is 0 Å². The molecular weight excluding hydrogens is 81.0 g/mol. The van der Waals surface area contributed by atoms with Crippen LogP contribution in [0.4, 0.5) is 4.39 Å². The highest BCUT2D eigenvalue weighted by molar-refractivity contribution is 4.83. The van der Waals surface area contributed by atoms with Crippen molar-refractivity contribution in [3.63, 3.8) is 0 Å². The highest BCUT2D eigenvalue weighted by atomic mass is 19.1. The Balaban J connectivity index is 2.20. The van der Waals surface area contributed by atoms with Crippen LogP contribution in [0.2, 0.25) is 0 Å². The summed E-state index contributed by atoms with van der Waals surface area (Å²) in [5, 5.41) is 2.88. The molecule has 1 fully saturated rings. The van der Waals surface area contributed by atoms with Crippen molar-refractivity contribution in [2.45, 2.75) is 19.1 Å². The van der Waals surface area contributed by atoms with Crippen LogP contribution in [-0.2, 0) is 0 Å². The van der Waals surface area contributed by atoms with Gasteiger partial charge < -0.3 is 5.32 Å². The lowest BCUT2D eigenvalue weighted by atomic mass is 10.1. The maximum Gasteiger partial charge on any atom is 0.127 e. The maximum absolute atomic E-state index is 11.8. The number of alkyl halides is 1. The largest absolute Gasteiger partial charge is 0.308 e. The van der Waals surface area contributed by atoms with Gasteiger partial charge in [0.25, 0.3) is 0 Å². The third-order valence-electron chi connectivity index (χ3n) is 1.18. The molecule has 1 saturated heterocycles. The van der Waals surface area contributed by atoms with E-state index in [-0.39, 0.29) is 6.04 Å². The molecule has 0 aromatic heterocycles. The Morgan fingerprint density at radius 3 is 2.33 bits per heavy atom. The zero-order valence-electron chi connectivity index (χ0n) is 3.74. The molecule has 1 unspecified atom stereocenters. The van der Waals surface area contributed by atoms with Gasteiger partial charge in [-0.15, -0.1) is 0 Å². The lowest BCUT2D eigenvalue weighted by Gasteiger charge is -2.28. The van der Waals surface area contributed by atoms with Crippen molar-refractivity contribution >= 4 is 0 Å². The number of hydrogen-bond acceptors (Lipinski definition) is 1. The third kappa shape index (κ3) is 0.411. The van der Waals surface area contributed by atoms with Crippen LogP contribution in [-0.4, -0.2) is 18.8 Å².